The number of nitrogens with zero attached hydrogens (tertiary/aromatic N) is 1. The molecule has 1 N–H and O–H groups in total. The highest BCUT2D eigenvalue weighted by Gasteiger charge is 2.33. The fourth-order valence-corrected chi connectivity index (χ4v) is 2.11. The van der Waals surface area contributed by atoms with Crippen molar-refractivity contribution in [1.82, 2.24) is 0 Å². The van der Waals surface area contributed by atoms with Crippen LogP contribution in [-0.4, -0.2) is 19.8 Å². The highest BCUT2D eigenvalue weighted by atomic mass is 79.9. The fourth-order valence-electron chi connectivity index (χ4n) is 1.59. The molecule has 0 saturated carbocycles. The zero-order chi connectivity index (χ0) is 11.6. The number of nitriles is 1. The number of nitrogens with one attached hydrogen (secondary N) is 1. The van der Waals surface area contributed by atoms with Crippen LogP contribution in [0.1, 0.15) is 12.5 Å². The third-order valence-corrected chi connectivity index (χ3v) is 3.36. The fraction of sp³-hybridized carbons (Fsp3) is 0.417. The molecular weight excluding hydrogens is 268 g/mol. The van der Waals surface area contributed by atoms with Gasteiger partial charge in [-0.1, -0.05) is 6.92 Å². The molecule has 3 nitrogen and oxygen atoms in total. The van der Waals surface area contributed by atoms with E-state index in [-0.39, 0.29) is 5.41 Å². The molecule has 0 unspecified atom stereocenters. The molecule has 1 aromatic rings. The summed E-state index contributed by atoms with van der Waals surface area (Å²) in [5.41, 5.74) is 1.93. The first-order valence-electron chi connectivity index (χ1n) is 5.14. The second kappa shape index (κ2) is 4.44. The molecule has 1 aromatic carbocycles. The van der Waals surface area contributed by atoms with Crippen molar-refractivity contribution >= 4 is 21.6 Å². The van der Waals surface area contributed by atoms with E-state index in [1.165, 1.54) is 0 Å². The van der Waals surface area contributed by atoms with Gasteiger partial charge < -0.3 is 10.1 Å². The minimum absolute atomic E-state index is 0.243. The first kappa shape index (κ1) is 11.4. The van der Waals surface area contributed by atoms with Gasteiger partial charge in [-0.25, -0.2) is 0 Å². The number of halogens is 1. The Bertz CT molecular complexity index is 435. The monoisotopic (exact) mass is 280 g/mol. The summed E-state index contributed by atoms with van der Waals surface area (Å²) in [7, 11) is 0. The first-order chi connectivity index (χ1) is 7.63. The molecule has 2 rings (SSSR count). The van der Waals surface area contributed by atoms with E-state index in [9.17, 15) is 0 Å². The minimum Gasteiger partial charge on any atom is -0.383 e. The summed E-state index contributed by atoms with van der Waals surface area (Å²) < 4.78 is 6.12. The Morgan fingerprint density at radius 1 is 1.56 bits per heavy atom. The highest BCUT2D eigenvalue weighted by Crippen LogP contribution is 2.29. The number of ether oxygens (including phenoxy) is 1. The topological polar surface area (TPSA) is 45.0 Å². The molecule has 0 aliphatic carbocycles. The molecule has 1 saturated heterocycles. The maximum absolute atomic E-state index is 8.75. The maximum Gasteiger partial charge on any atom is 0.0992 e. The van der Waals surface area contributed by atoms with E-state index in [2.05, 4.69) is 34.2 Å². The molecule has 4 heteroatoms. The van der Waals surface area contributed by atoms with Crippen LogP contribution in [0.4, 0.5) is 5.69 Å². The van der Waals surface area contributed by atoms with Crippen molar-refractivity contribution in [1.29, 1.82) is 5.26 Å². The second-order valence-electron chi connectivity index (χ2n) is 4.46. The Morgan fingerprint density at radius 2 is 2.31 bits per heavy atom. The standard InChI is InChI=1S/C12H13BrN2O/c1-12(7-16-8-12)6-15-11-3-2-9(5-14)4-10(11)13/h2-4,15H,6-8H2,1H3. The Morgan fingerprint density at radius 3 is 2.81 bits per heavy atom. The first-order valence-corrected chi connectivity index (χ1v) is 5.94. The van der Waals surface area contributed by atoms with E-state index < -0.39 is 0 Å². The van der Waals surface area contributed by atoms with Crippen LogP contribution in [0.2, 0.25) is 0 Å². The van der Waals surface area contributed by atoms with E-state index in [0.29, 0.717) is 5.56 Å². The van der Waals surface area contributed by atoms with E-state index in [1.807, 2.05) is 18.2 Å². The van der Waals surface area contributed by atoms with Gasteiger partial charge in [-0.2, -0.15) is 5.26 Å². The van der Waals surface area contributed by atoms with Gasteiger partial charge in [-0.05, 0) is 34.1 Å². The molecule has 1 heterocycles. The highest BCUT2D eigenvalue weighted by molar-refractivity contribution is 9.10. The average Bonchev–Trinajstić information content (AvgIpc) is 2.25. The van der Waals surface area contributed by atoms with E-state index in [0.717, 1.165) is 29.9 Å². The summed E-state index contributed by atoms with van der Waals surface area (Å²) in [5, 5.41) is 12.1. The van der Waals surface area contributed by atoms with Gasteiger partial charge in [0.05, 0.1) is 24.8 Å². The Hall–Kier alpha value is -1.05. The lowest BCUT2D eigenvalue weighted by atomic mass is 9.89. The number of anilines is 1. The minimum atomic E-state index is 0.243. The van der Waals surface area contributed by atoms with Crippen molar-refractivity contribution < 1.29 is 4.74 Å². The predicted molar refractivity (Wildman–Crippen MR) is 66.3 cm³/mol. The zero-order valence-electron chi connectivity index (χ0n) is 9.09. The predicted octanol–water partition coefficient (Wildman–Crippen LogP) is 2.77. The maximum atomic E-state index is 8.75. The summed E-state index contributed by atoms with van der Waals surface area (Å²) in [4.78, 5) is 0. The lowest BCUT2D eigenvalue weighted by Crippen LogP contribution is -2.45. The van der Waals surface area contributed by atoms with E-state index in [1.54, 1.807) is 0 Å². The zero-order valence-corrected chi connectivity index (χ0v) is 10.7. The largest absolute Gasteiger partial charge is 0.383 e. The van der Waals surface area contributed by atoms with Gasteiger partial charge in [0, 0.05) is 22.1 Å². The Kier molecular flexibility index (Phi) is 3.17. The summed E-state index contributed by atoms with van der Waals surface area (Å²) in [6.07, 6.45) is 0. The normalized spacial score (nSPS) is 17.3. The second-order valence-corrected chi connectivity index (χ2v) is 5.32. The van der Waals surface area contributed by atoms with Crippen LogP contribution in [0.5, 0.6) is 0 Å². The molecule has 1 aliphatic rings. The van der Waals surface area contributed by atoms with Gasteiger partial charge in [-0.3, -0.25) is 0 Å². The van der Waals surface area contributed by atoms with Gasteiger partial charge in [0.1, 0.15) is 0 Å². The quantitative estimate of drug-likeness (QED) is 0.926. The van der Waals surface area contributed by atoms with Crippen LogP contribution < -0.4 is 5.32 Å². The SMILES string of the molecule is CC1(CNc2ccc(C#N)cc2Br)COC1. The number of hydrogen-bond donors (Lipinski definition) is 1. The van der Waals surface area contributed by atoms with Gasteiger partial charge in [0.2, 0.25) is 0 Å². The van der Waals surface area contributed by atoms with Crippen LogP contribution in [0.15, 0.2) is 22.7 Å². The third kappa shape index (κ3) is 2.37. The van der Waals surface area contributed by atoms with Gasteiger partial charge in [0.25, 0.3) is 0 Å². The molecule has 84 valence electrons. The number of benzene rings is 1. The molecule has 0 radical (unpaired) electrons. The van der Waals surface area contributed by atoms with Crippen LogP contribution in [0.25, 0.3) is 0 Å². The van der Waals surface area contributed by atoms with Crippen molar-refractivity contribution in [2.75, 3.05) is 25.1 Å². The molecule has 0 amide bonds. The smallest absolute Gasteiger partial charge is 0.0992 e. The van der Waals surface area contributed by atoms with Crippen LogP contribution in [0, 0.1) is 16.7 Å². The summed E-state index contributed by atoms with van der Waals surface area (Å²) >= 11 is 3.45. The third-order valence-electron chi connectivity index (χ3n) is 2.70. The van der Waals surface area contributed by atoms with Gasteiger partial charge in [0.15, 0.2) is 0 Å². The summed E-state index contributed by atoms with van der Waals surface area (Å²) in [5.74, 6) is 0. The van der Waals surface area contributed by atoms with E-state index in [4.69, 9.17) is 10.00 Å². The van der Waals surface area contributed by atoms with Crippen molar-refractivity contribution in [3.63, 3.8) is 0 Å². The molecule has 0 bridgehead atoms. The van der Waals surface area contributed by atoms with Crippen LogP contribution in [0.3, 0.4) is 0 Å². The molecular formula is C12H13BrN2O. The van der Waals surface area contributed by atoms with E-state index >= 15 is 0 Å². The lowest BCUT2D eigenvalue weighted by molar-refractivity contribution is -0.0924. The van der Waals surface area contributed by atoms with Crippen molar-refractivity contribution in [3.8, 4) is 6.07 Å². The van der Waals surface area contributed by atoms with Crippen molar-refractivity contribution in [2.45, 2.75) is 6.92 Å². The molecule has 0 aromatic heterocycles. The van der Waals surface area contributed by atoms with Crippen LogP contribution >= 0.6 is 15.9 Å². The molecule has 1 aliphatic heterocycles. The molecule has 0 spiro atoms. The lowest BCUT2D eigenvalue weighted by Gasteiger charge is -2.38. The molecule has 16 heavy (non-hydrogen) atoms. The van der Waals surface area contributed by atoms with Crippen LogP contribution in [-0.2, 0) is 4.74 Å². The Balaban J connectivity index is 2.02. The van der Waals surface area contributed by atoms with Crippen molar-refractivity contribution in [2.24, 2.45) is 5.41 Å². The van der Waals surface area contributed by atoms with Gasteiger partial charge in [-0.15, -0.1) is 0 Å². The summed E-state index contributed by atoms with van der Waals surface area (Å²) in [6, 6.07) is 7.67. The number of hydrogen-bond acceptors (Lipinski definition) is 3. The average molecular weight is 281 g/mol. The molecule has 0 atom stereocenters. The van der Waals surface area contributed by atoms with Crippen molar-refractivity contribution in [3.05, 3.63) is 28.2 Å². The Labute approximate surface area is 104 Å². The summed E-state index contributed by atoms with van der Waals surface area (Å²) in [6.45, 7) is 4.71. The van der Waals surface area contributed by atoms with Gasteiger partial charge >= 0.3 is 0 Å². The number of rotatable bonds is 3. The molecule has 1 fully saturated rings.